The maximum Gasteiger partial charge on any atom is 0.485 e. The molecule has 1 fully saturated rings. The average Bonchev–Trinajstić information content (AvgIpc) is 3.65. The van der Waals surface area contributed by atoms with Crippen molar-refractivity contribution in [2.45, 2.75) is 88.6 Å². The highest BCUT2D eigenvalue weighted by molar-refractivity contribution is 7.98. The zero-order valence-electron chi connectivity index (χ0n) is 30.2. The molecule has 1 amide bonds. The van der Waals surface area contributed by atoms with Crippen molar-refractivity contribution in [1.29, 1.82) is 0 Å². The zero-order chi connectivity index (χ0) is 40.0. The van der Waals surface area contributed by atoms with E-state index in [0.717, 1.165) is 20.3 Å². The normalized spacial score (nSPS) is 19.8. The number of thiazole rings is 1. The fraction of sp³-hybridized carbons (Fsp3) is 0.531. The van der Waals surface area contributed by atoms with Crippen molar-refractivity contribution >= 4 is 69.5 Å². The Bertz CT molecular complexity index is 2020. The van der Waals surface area contributed by atoms with Crippen LogP contribution in [0.5, 0.6) is 0 Å². The van der Waals surface area contributed by atoms with Gasteiger partial charge in [0.1, 0.15) is 25.0 Å². The lowest BCUT2D eigenvalue weighted by Crippen LogP contribution is -2.63. The standard InChI is InChI=1S/C31H41N4O7S2Si.CHF3O3S/c1-18-23(22-15-33-17-32(28(43-6)29(33)44-22)13-14-42-45(7,8)31(3,4)5)26(34-25(18)24(19(2)36)27(34)37)30(38)41-16-20-9-11-21(12-10-20)35(39)40;2-1(3,4)8(5,6)7/h9-12,15,17-19,24-25,36H,13-14,16H2,1-8H3;(H,5,6,7)/q+1;/p-1/t18-,19+,24+,25+;/m0./s1. The predicted octanol–water partition coefficient (Wildman–Crippen LogP) is 5.30. The third kappa shape index (κ3) is 8.65. The molecule has 53 heavy (non-hydrogen) atoms. The highest BCUT2D eigenvalue weighted by atomic mass is 32.2. The summed E-state index contributed by atoms with van der Waals surface area (Å²) in [4.78, 5) is 40.8. The number of β-lactam (4-membered cyclic amide) rings is 1. The van der Waals surface area contributed by atoms with E-state index < -0.39 is 46.9 Å². The van der Waals surface area contributed by atoms with Gasteiger partial charge in [-0.25, -0.2) is 17.8 Å². The van der Waals surface area contributed by atoms with Crippen LogP contribution in [-0.2, 0) is 42.0 Å². The molecule has 1 aromatic carbocycles. The molecule has 2 aromatic heterocycles. The van der Waals surface area contributed by atoms with Crippen LogP contribution in [0.25, 0.3) is 10.4 Å². The maximum absolute atomic E-state index is 13.7. The zero-order valence-corrected chi connectivity index (χ0v) is 33.6. The van der Waals surface area contributed by atoms with Crippen molar-refractivity contribution < 1.29 is 59.5 Å². The second kappa shape index (κ2) is 15.4. The molecular formula is C32H41F3N4O10S3Si. The Hall–Kier alpha value is -3.34. The van der Waals surface area contributed by atoms with Gasteiger partial charge in [-0.2, -0.15) is 17.6 Å². The van der Waals surface area contributed by atoms with Crippen molar-refractivity contribution in [1.82, 2.24) is 9.30 Å². The van der Waals surface area contributed by atoms with E-state index in [1.165, 1.54) is 29.2 Å². The fourth-order valence-electron chi connectivity index (χ4n) is 5.85. The Morgan fingerprint density at radius 2 is 1.79 bits per heavy atom. The topological polar surface area (TPSA) is 185 Å². The number of aliphatic hydroxyl groups is 1. The number of aromatic nitrogens is 2. The van der Waals surface area contributed by atoms with Crippen LogP contribution in [-0.4, -0.2) is 83.0 Å². The molecule has 0 spiro atoms. The van der Waals surface area contributed by atoms with E-state index in [0.29, 0.717) is 18.7 Å². The number of halogens is 3. The number of carbonyl (C=O) groups is 2. The minimum atomic E-state index is -6.09. The Morgan fingerprint density at radius 1 is 1.21 bits per heavy atom. The number of ether oxygens (including phenoxy) is 1. The van der Waals surface area contributed by atoms with E-state index in [9.17, 15) is 38.0 Å². The SMILES string of the molecule is CSc1c2sc(C3=C(C(=O)OCc4ccc([N+](=O)[O-])cc4)N4C(=O)[C@H]([C@@H](C)O)[C@H]4[C@H]3C)cn2c[n+]1CCO[Si](C)(C)C(C)(C)C.O=S(=O)([O-])C(F)(F)F. The first-order valence-corrected chi connectivity index (χ1v) is 22.6. The van der Waals surface area contributed by atoms with Gasteiger partial charge in [0.15, 0.2) is 18.4 Å². The van der Waals surface area contributed by atoms with Crippen LogP contribution >= 0.6 is 23.1 Å². The van der Waals surface area contributed by atoms with Crippen molar-refractivity contribution in [3.8, 4) is 0 Å². The number of fused-ring (bicyclic) bond motifs is 2. The quantitative estimate of drug-likeness (QED) is 0.0305. The molecule has 14 nitrogen and oxygen atoms in total. The average molecular weight is 823 g/mol. The van der Waals surface area contributed by atoms with Crippen LogP contribution in [0.3, 0.4) is 0 Å². The predicted molar refractivity (Wildman–Crippen MR) is 191 cm³/mol. The molecule has 5 rings (SSSR count). The number of amides is 1. The molecule has 0 bridgehead atoms. The number of thioether (sulfide) groups is 1. The number of benzene rings is 1. The monoisotopic (exact) mass is 822 g/mol. The lowest BCUT2D eigenvalue weighted by Gasteiger charge is -2.46. The summed E-state index contributed by atoms with van der Waals surface area (Å²) in [6, 6.07) is 5.44. The van der Waals surface area contributed by atoms with Gasteiger partial charge in [0, 0.05) is 23.6 Å². The molecule has 0 unspecified atom stereocenters. The van der Waals surface area contributed by atoms with E-state index in [4.69, 9.17) is 22.1 Å². The van der Waals surface area contributed by atoms with E-state index in [-0.39, 0.29) is 40.9 Å². The molecule has 1 saturated heterocycles. The molecular weight excluding hydrogens is 782 g/mol. The first-order valence-electron chi connectivity index (χ1n) is 16.2. The lowest BCUT2D eigenvalue weighted by molar-refractivity contribution is -0.730. The van der Waals surface area contributed by atoms with Crippen LogP contribution in [0.4, 0.5) is 18.9 Å². The molecule has 2 aliphatic rings. The number of non-ortho nitro benzene ring substituents is 1. The number of hydrogen-bond acceptors (Lipinski definition) is 12. The lowest BCUT2D eigenvalue weighted by atomic mass is 9.77. The van der Waals surface area contributed by atoms with Crippen LogP contribution in [0.15, 0.2) is 47.5 Å². The van der Waals surface area contributed by atoms with Gasteiger partial charge < -0.3 is 23.7 Å². The minimum absolute atomic E-state index is 0.0546. The molecule has 0 radical (unpaired) electrons. The van der Waals surface area contributed by atoms with E-state index in [1.807, 2.05) is 25.7 Å². The number of nitrogens with zero attached hydrogens (tertiary/aromatic N) is 4. The molecule has 4 heterocycles. The van der Waals surface area contributed by atoms with E-state index >= 15 is 0 Å². The number of esters is 1. The van der Waals surface area contributed by atoms with Crippen molar-refractivity contribution in [2.75, 3.05) is 12.9 Å². The maximum atomic E-state index is 13.7. The number of aliphatic hydroxyl groups excluding tert-OH is 1. The fourth-order valence-corrected chi connectivity index (χ4v) is 9.09. The molecule has 21 heteroatoms. The van der Waals surface area contributed by atoms with E-state index in [2.05, 4.69) is 42.8 Å². The van der Waals surface area contributed by atoms with Gasteiger partial charge in [0.25, 0.3) is 12.0 Å². The molecule has 3 aromatic rings. The van der Waals surface area contributed by atoms with Crippen molar-refractivity contribution in [2.24, 2.45) is 11.8 Å². The Morgan fingerprint density at radius 3 is 2.28 bits per heavy atom. The minimum Gasteiger partial charge on any atom is -0.741 e. The third-order valence-electron chi connectivity index (χ3n) is 9.63. The van der Waals surface area contributed by atoms with Crippen LogP contribution < -0.4 is 4.57 Å². The first kappa shape index (κ1) is 42.4. The smallest absolute Gasteiger partial charge is 0.485 e. The summed E-state index contributed by atoms with van der Waals surface area (Å²) >= 11 is 3.20. The summed E-state index contributed by atoms with van der Waals surface area (Å²) in [5.41, 5.74) is -4.19. The number of nitro groups is 1. The summed E-state index contributed by atoms with van der Waals surface area (Å²) in [6.45, 7) is 16.0. The number of nitro benzene ring substituents is 1. The largest absolute Gasteiger partial charge is 0.741 e. The number of imidazole rings is 1. The van der Waals surface area contributed by atoms with Gasteiger partial charge >= 0.3 is 11.5 Å². The number of rotatable bonds is 11. The first-order chi connectivity index (χ1) is 24.3. The summed E-state index contributed by atoms with van der Waals surface area (Å²) < 4.78 is 75.3. The van der Waals surface area contributed by atoms with Crippen molar-refractivity contribution in [3.63, 3.8) is 0 Å². The highest BCUT2D eigenvalue weighted by Crippen LogP contribution is 2.52. The van der Waals surface area contributed by atoms with Crippen molar-refractivity contribution in [3.05, 3.63) is 63.0 Å². The molecule has 292 valence electrons. The highest BCUT2D eigenvalue weighted by Gasteiger charge is 2.60. The summed E-state index contributed by atoms with van der Waals surface area (Å²) in [5, 5.41) is 22.6. The Balaban J connectivity index is 0.000000703. The van der Waals surface area contributed by atoms with Gasteiger partial charge in [0.2, 0.25) is 15.8 Å². The second-order valence-electron chi connectivity index (χ2n) is 14.2. The summed E-state index contributed by atoms with van der Waals surface area (Å²) in [7, 11) is -7.97. The van der Waals surface area contributed by atoms with Gasteiger partial charge in [-0.3, -0.25) is 14.9 Å². The van der Waals surface area contributed by atoms with Crippen LogP contribution in [0.1, 0.15) is 45.1 Å². The van der Waals surface area contributed by atoms with E-state index in [1.54, 1.807) is 30.0 Å². The van der Waals surface area contributed by atoms with Gasteiger partial charge in [-0.15, -0.1) is 0 Å². The molecule has 2 aliphatic heterocycles. The van der Waals surface area contributed by atoms with Gasteiger partial charge in [-0.1, -0.05) is 50.8 Å². The second-order valence-corrected chi connectivity index (χ2v) is 22.2. The van der Waals surface area contributed by atoms with Gasteiger partial charge in [0.05, 0.1) is 34.5 Å². The third-order valence-corrected chi connectivity index (χ3v) is 16.8. The van der Waals surface area contributed by atoms with Crippen LogP contribution in [0, 0.1) is 22.0 Å². The van der Waals surface area contributed by atoms with Crippen LogP contribution in [0.2, 0.25) is 18.1 Å². The number of carbonyl (C=O) groups excluding carboxylic acids is 2. The number of alkyl halides is 3. The van der Waals surface area contributed by atoms with Gasteiger partial charge in [-0.05, 0) is 49.0 Å². The molecule has 0 aliphatic carbocycles. The molecule has 1 N–H and O–H groups in total. The Kier molecular flexibility index (Phi) is 12.3. The molecule has 4 atom stereocenters. The summed E-state index contributed by atoms with van der Waals surface area (Å²) in [6.07, 6.45) is 5.22. The Labute approximate surface area is 313 Å². The summed E-state index contributed by atoms with van der Waals surface area (Å²) in [5.74, 6) is -1.76. The number of hydrogen-bond donors (Lipinski definition) is 1. The molecule has 0 saturated carbocycles.